The first-order valence-electron chi connectivity index (χ1n) is 5.79. The second kappa shape index (κ2) is 4.94. The van der Waals surface area contributed by atoms with E-state index in [-0.39, 0.29) is 14.9 Å². The number of aryl methyl sites for hydroxylation is 1. The lowest BCUT2D eigenvalue weighted by atomic mass is 10.1. The van der Waals surface area contributed by atoms with Crippen LogP contribution in [0.15, 0.2) is 40.1 Å². The molecule has 0 fully saturated rings. The van der Waals surface area contributed by atoms with Crippen molar-refractivity contribution in [2.24, 2.45) is 0 Å². The number of hydrogen-bond donors (Lipinski definition) is 0. The van der Waals surface area contributed by atoms with E-state index < -0.39 is 9.84 Å². The molecule has 1 aromatic carbocycles. The van der Waals surface area contributed by atoms with Crippen LogP contribution in [0.2, 0.25) is 5.15 Å². The Kier molecular flexibility index (Phi) is 3.65. The Labute approximate surface area is 118 Å². The highest BCUT2D eigenvalue weighted by atomic mass is 35.5. The van der Waals surface area contributed by atoms with E-state index in [9.17, 15) is 8.42 Å². The molecule has 0 aliphatic carbocycles. The van der Waals surface area contributed by atoms with Crippen LogP contribution >= 0.6 is 11.6 Å². The minimum Gasteiger partial charge on any atom is -0.240 e. The molecule has 19 heavy (non-hydrogen) atoms. The molecule has 0 radical (unpaired) electrons. The van der Waals surface area contributed by atoms with E-state index in [0.29, 0.717) is 5.56 Å². The normalized spacial score (nSPS) is 11.6. The van der Waals surface area contributed by atoms with Gasteiger partial charge in [-0.15, -0.1) is 0 Å². The lowest BCUT2D eigenvalue weighted by Gasteiger charge is -2.13. The highest BCUT2D eigenvalue weighted by molar-refractivity contribution is 7.91. The fourth-order valence-electron chi connectivity index (χ4n) is 1.91. The summed E-state index contributed by atoms with van der Waals surface area (Å²) in [6.45, 7) is 5.41. The Morgan fingerprint density at radius 1 is 1.00 bits per heavy atom. The average Bonchev–Trinajstić information content (AvgIpc) is 2.37. The lowest BCUT2D eigenvalue weighted by Crippen LogP contribution is -2.08. The molecule has 1 aromatic heterocycles. The smallest absolute Gasteiger partial charge is 0.209 e. The van der Waals surface area contributed by atoms with Gasteiger partial charge in [-0.2, -0.15) is 0 Å². The third-order valence-corrected chi connectivity index (χ3v) is 5.54. The number of rotatable bonds is 2. The molecule has 0 unspecified atom stereocenters. The van der Waals surface area contributed by atoms with Crippen molar-refractivity contribution in [3.05, 3.63) is 52.3 Å². The van der Waals surface area contributed by atoms with Gasteiger partial charge in [-0.05, 0) is 44.0 Å². The first-order chi connectivity index (χ1) is 8.85. The lowest BCUT2D eigenvalue weighted by molar-refractivity contribution is 0.595. The summed E-state index contributed by atoms with van der Waals surface area (Å²) in [5.41, 5.74) is 2.25. The second-order valence-corrected chi connectivity index (χ2v) is 6.63. The van der Waals surface area contributed by atoms with Gasteiger partial charge in [0.25, 0.3) is 0 Å². The van der Waals surface area contributed by atoms with E-state index in [2.05, 4.69) is 4.98 Å². The van der Waals surface area contributed by atoms with Crippen LogP contribution in [0.3, 0.4) is 0 Å². The van der Waals surface area contributed by atoms with E-state index in [0.717, 1.165) is 11.3 Å². The first kappa shape index (κ1) is 14.0. The van der Waals surface area contributed by atoms with Gasteiger partial charge in [-0.1, -0.05) is 29.8 Å². The van der Waals surface area contributed by atoms with Gasteiger partial charge in [0.2, 0.25) is 9.84 Å². The van der Waals surface area contributed by atoms with Gasteiger partial charge in [0, 0.05) is 5.69 Å². The van der Waals surface area contributed by atoms with Crippen molar-refractivity contribution in [1.82, 2.24) is 4.98 Å². The van der Waals surface area contributed by atoms with Gasteiger partial charge in [0.15, 0.2) is 0 Å². The fraction of sp³-hybridized carbons (Fsp3) is 0.214. The number of hydrogen-bond acceptors (Lipinski definition) is 3. The van der Waals surface area contributed by atoms with Gasteiger partial charge >= 0.3 is 0 Å². The predicted octanol–water partition coefficient (Wildman–Crippen LogP) is 3.49. The SMILES string of the molecule is Cc1nc(Cl)c(S(=O)(=O)c2ccccc2)c(C)c1C. The number of aromatic nitrogens is 1. The topological polar surface area (TPSA) is 47.0 Å². The molecular weight excluding hydrogens is 282 g/mol. The summed E-state index contributed by atoms with van der Waals surface area (Å²) in [6.07, 6.45) is 0. The summed E-state index contributed by atoms with van der Waals surface area (Å²) in [5.74, 6) is 0. The molecule has 2 aromatic rings. The maximum absolute atomic E-state index is 12.6. The van der Waals surface area contributed by atoms with Crippen LogP contribution in [0.25, 0.3) is 0 Å². The predicted molar refractivity (Wildman–Crippen MR) is 75.4 cm³/mol. The molecule has 0 bridgehead atoms. The standard InChI is InChI=1S/C14H14ClNO2S/c1-9-10(2)13(14(15)16-11(9)3)19(17,18)12-7-5-4-6-8-12/h4-8H,1-3H3. The third-order valence-electron chi connectivity index (χ3n) is 3.22. The van der Waals surface area contributed by atoms with Crippen LogP contribution in [0.1, 0.15) is 16.8 Å². The molecule has 2 rings (SSSR count). The van der Waals surface area contributed by atoms with E-state index in [1.807, 2.05) is 13.8 Å². The number of pyridine rings is 1. The molecule has 100 valence electrons. The molecule has 0 aliphatic rings. The van der Waals surface area contributed by atoms with Gasteiger partial charge in [0.1, 0.15) is 10.0 Å². The molecule has 0 atom stereocenters. The van der Waals surface area contributed by atoms with Crippen LogP contribution in [-0.2, 0) is 9.84 Å². The summed E-state index contributed by atoms with van der Waals surface area (Å²) in [6, 6.07) is 8.25. The molecule has 1 heterocycles. The van der Waals surface area contributed by atoms with Crippen molar-refractivity contribution >= 4 is 21.4 Å². The van der Waals surface area contributed by atoms with E-state index in [1.165, 1.54) is 0 Å². The molecule has 0 N–H and O–H groups in total. The summed E-state index contributed by atoms with van der Waals surface area (Å²) in [5, 5.41) is 0.0319. The molecule has 0 saturated carbocycles. The molecule has 5 heteroatoms. The third kappa shape index (κ3) is 2.38. The minimum absolute atomic E-state index is 0.0319. The van der Waals surface area contributed by atoms with Crippen molar-refractivity contribution in [3.63, 3.8) is 0 Å². The van der Waals surface area contributed by atoms with Crippen molar-refractivity contribution in [1.29, 1.82) is 0 Å². The van der Waals surface area contributed by atoms with Crippen LogP contribution in [0.5, 0.6) is 0 Å². The highest BCUT2D eigenvalue weighted by Gasteiger charge is 2.25. The molecule has 0 saturated heterocycles. The number of halogens is 1. The van der Waals surface area contributed by atoms with Gasteiger partial charge in [-0.25, -0.2) is 13.4 Å². The largest absolute Gasteiger partial charge is 0.240 e. The Hall–Kier alpha value is -1.39. The quantitative estimate of drug-likeness (QED) is 0.797. The van der Waals surface area contributed by atoms with Crippen molar-refractivity contribution in [2.75, 3.05) is 0 Å². The highest BCUT2D eigenvalue weighted by Crippen LogP contribution is 2.31. The fourth-order valence-corrected chi connectivity index (χ4v) is 4.06. The van der Waals surface area contributed by atoms with Crippen molar-refractivity contribution < 1.29 is 8.42 Å². The Balaban J connectivity index is 2.77. The van der Waals surface area contributed by atoms with Gasteiger partial charge < -0.3 is 0 Å². The Morgan fingerprint density at radius 2 is 1.58 bits per heavy atom. The number of sulfone groups is 1. The monoisotopic (exact) mass is 295 g/mol. The molecule has 0 spiro atoms. The summed E-state index contributed by atoms with van der Waals surface area (Å²) >= 11 is 6.05. The maximum atomic E-state index is 12.6. The number of benzene rings is 1. The van der Waals surface area contributed by atoms with E-state index in [1.54, 1.807) is 37.3 Å². The summed E-state index contributed by atoms with van der Waals surface area (Å²) < 4.78 is 25.2. The van der Waals surface area contributed by atoms with Crippen LogP contribution in [0.4, 0.5) is 0 Å². The molecule has 3 nitrogen and oxygen atoms in total. The minimum atomic E-state index is -3.63. The van der Waals surface area contributed by atoms with Crippen LogP contribution < -0.4 is 0 Å². The summed E-state index contributed by atoms with van der Waals surface area (Å²) in [4.78, 5) is 4.44. The van der Waals surface area contributed by atoms with Gasteiger partial charge in [-0.3, -0.25) is 0 Å². The zero-order valence-electron chi connectivity index (χ0n) is 10.9. The molecular formula is C14H14ClNO2S. The Morgan fingerprint density at radius 3 is 2.16 bits per heavy atom. The first-order valence-corrected chi connectivity index (χ1v) is 7.65. The van der Waals surface area contributed by atoms with Crippen molar-refractivity contribution in [3.8, 4) is 0 Å². The number of nitrogens with zero attached hydrogens (tertiary/aromatic N) is 1. The average molecular weight is 296 g/mol. The van der Waals surface area contributed by atoms with Gasteiger partial charge in [0.05, 0.1) is 4.90 Å². The van der Waals surface area contributed by atoms with Crippen LogP contribution in [0, 0.1) is 20.8 Å². The second-order valence-electron chi connectivity index (χ2n) is 4.38. The zero-order chi connectivity index (χ0) is 14.2. The maximum Gasteiger partial charge on any atom is 0.209 e. The Bertz CT molecular complexity index is 725. The molecule has 0 aliphatic heterocycles. The van der Waals surface area contributed by atoms with Crippen LogP contribution in [-0.4, -0.2) is 13.4 Å². The molecule has 0 amide bonds. The van der Waals surface area contributed by atoms with Crippen molar-refractivity contribution in [2.45, 2.75) is 30.6 Å². The summed E-state index contributed by atoms with van der Waals surface area (Å²) in [7, 11) is -3.63. The van der Waals surface area contributed by atoms with E-state index in [4.69, 9.17) is 11.6 Å². The zero-order valence-corrected chi connectivity index (χ0v) is 12.5. The van der Waals surface area contributed by atoms with E-state index >= 15 is 0 Å².